The number of hydrogen-bond acceptors (Lipinski definition) is 2. The summed E-state index contributed by atoms with van der Waals surface area (Å²) in [7, 11) is 0. The summed E-state index contributed by atoms with van der Waals surface area (Å²) < 4.78 is 0. The first-order valence-corrected chi connectivity index (χ1v) is 10.4. The second kappa shape index (κ2) is 10.2. The molecule has 0 fully saturated rings. The lowest BCUT2D eigenvalue weighted by molar-refractivity contribution is -0.141. The maximum Gasteiger partial charge on any atom is 0.243 e. The van der Waals surface area contributed by atoms with Gasteiger partial charge in [-0.2, -0.15) is 0 Å². The van der Waals surface area contributed by atoms with Gasteiger partial charge in [0.1, 0.15) is 6.04 Å². The summed E-state index contributed by atoms with van der Waals surface area (Å²) in [5, 5.41) is 2.98. The molecule has 2 aromatic rings. The molecule has 1 N–H and O–H groups in total. The maximum absolute atomic E-state index is 13.4. The predicted molar refractivity (Wildman–Crippen MR) is 119 cm³/mol. The average Bonchev–Trinajstić information content (AvgIpc) is 2.60. The van der Waals surface area contributed by atoms with Crippen LogP contribution in [0.4, 0.5) is 0 Å². The number of benzene rings is 2. The molecule has 0 radical (unpaired) electrons. The molecular weight excluding hydrogens is 360 g/mol. The van der Waals surface area contributed by atoms with Gasteiger partial charge >= 0.3 is 0 Å². The standard InChI is InChI=1S/C25H34N2O2/c1-7-23(25(29)26-17(2)3)27(16-21-10-8-9-18(4)12-21)24(28)15-22-13-19(5)11-20(6)14-22/h8-14,17,23H,7,15-16H2,1-6H3,(H,26,29)/t23-/m1/s1. The van der Waals surface area contributed by atoms with E-state index < -0.39 is 6.04 Å². The molecule has 0 aliphatic rings. The van der Waals surface area contributed by atoms with Crippen LogP contribution in [-0.2, 0) is 22.6 Å². The van der Waals surface area contributed by atoms with E-state index in [9.17, 15) is 9.59 Å². The Morgan fingerprint density at radius 1 is 0.931 bits per heavy atom. The number of nitrogens with zero attached hydrogens (tertiary/aromatic N) is 1. The number of carbonyl (C=O) groups is 2. The highest BCUT2D eigenvalue weighted by atomic mass is 16.2. The molecule has 2 amide bonds. The lowest BCUT2D eigenvalue weighted by Crippen LogP contribution is -2.50. The van der Waals surface area contributed by atoms with Crippen molar-refractivity contribution in [2.24, 2.45) is 0 Å². The zero-order chi connectivity index (χ0) is 21.6. The largest absolute Gasteiger partial charge is 0.352 e. The molecule has 0 aliphatic heterocycles. The van der Waals surface area contributed by atoms with Crippen molar-refractivity contribution in [1.29, 1.82) is 0 Å². The summed E-state index contributed by atoms with van der Waals surface area (Å²) in [5.74, 6) is -0.119. The molecule has 2 aromatic carbocycles. The van der Waals surface area contributed by atoms with E-state index in [4.69, 9.17) is 0 Å². The van der Waals surface area contributed by atoms with Gasteiger partial charge in [0.2, 0.25) is 11.8 Å². The van der Waals surface area contributed by atoms with E-state index in [0.717, 1.165) is 27.8 Å². The molecule has 2 rings (SSSR count). The van der Waals surface area contributed by atoms with E-state index in [1.54, 1.807) is 4.90 Å². The number of rotatable bonds is 8. The Balaban J connectivity index is 2.33. The number of amides is 2. The van der Waals surface area contributed by atoms with Gasteiger partial charge < -0.3 is 10.2 Å². The van der Waals surface area contributed by atoms with Crippen LogP contribution in [-0.4, -0.2) is 28.8 Å². The van der Waals surface area contributed by atoms with Crippen LogP contribution in [0, 0.1) is 20.8 Å². The molecular formula is C25H34N2O2. The van der Waals surface area contributed by atoms with Crippen molar-refractivity contribution >= 4 is 11.8 Å². The minimum atomic E-state index is -0.490. The average molecular weight is 395 g/mol. The lowest BCUT2D eigenvalue weighted by atomic mass is 10.0. The van der Waals surface area contributed by atoms with Crippen molar-refractivity contribution in [3.05, 3.63) is 70.3 Å². The second-order valence-electron chi connectivity index (χ2n) is 8.27. The van der Waals surface area contributed by atoms with Gasteiger partial charge in [0.15, 0.2) is 0 Å². The Bertz CT molecular complexity index is 837. The van der Waals surface area contributed by atoms with Crippen molar-refractivity contribution in [3.63, 3.8) is 0 Å². The monoisotopic (exact) mass is 394 g/mol. The topological polar surface area (TPSA) is 49.4 Å². The Morgan fingerprint density at radius 2 is 1.55 bits per heavy atom. The molecule has 0 bridgehead atoms. The summed E-state index contributed by atoms with van der Waals surface area (Å²) >= 11 is 0. The molecule has 0 aromatic heterocycles. The first-order valence-electron chi connectivity index (χ1n) is 10.4. The summed E-state index contributed by atoms with van der Waals surface area (Å²) in [6.07, 6.45) is 0.864. The van der Waals surface area contributed by atoms with Gasteiger partial charge in [0, 0.05) is 12.6 Å². The van der Waals surface area contributed by atoms with Gasteiger partial charge in [-0.1, -0.05) is 66.1 Å². The summed E-state index contributed by atoms with van der Waals surface area (Å²) in [6.45, 7) is 12.4. The number of aryl methyl sites for hydroxylation is 3. The van der Waals surface area contributed by atoms with E-state index in [1.807, 2.05) is 71.9 Å². The minimum absolute atomic E-state index is 0.0257. The van der Waals surface area contributed by atoms with Gasteiger partial charge in [-0.15, -0.1) is 0 Å². The molecule has 0 unspecified atom stereocenters. The molecule has 4 heteroatoms. The molecule has 156 valence electrons. The normalized spacial score (nSPS) is 12.0. The van der Waals surface area contributed by atoms with E-state index in [2.05, 4.69) is 17.4 Å². The number of nitrogens with one attached hydrogen (secondary N) is 1. The van der Waals surface area contributed by atoms with Crippen molar-refractivity contribution < 1.29 is 9.59 Å². The Labute approximate surface area is 175 Å². The summed E-state index contributed by atoms with van der Waals surface area (Å²) in [5.41, 5.74) is 5.45. The van der Waals surface area contributed by atoms with E-state index in [1.165, 1.54) is 0 Å². The molecule has 4 nitrogen and oxygen atoms in total. The number of carbonyl (C=O) groups excluding carboxylic acids is 2. The fourth-order valence-corrected chi connectivity index (χ4v) is 3.75. The minimum Gasteiger partial charge on any atom is -0.352 e. The fraction of sp³-hybridized carbons (Fsp3) is 0.440. The highest BCUT2D eigenvalue weighted by molar-refractivity contribution is 5.88. The molecule has 0 aliphatic carbocycles. The molecule has 0 saturated carbocycles. The zero-order valence-electron chi connectivity index (χ0n) is 18.6. The Kier molecular flexibility index (Phi) is 8.00. The highest BCUT2D eigenvalue weighted by Gasteiger charge is 2.29. The van der Waals surface area contributed by atoms with Crippen molar-refractivity contribution in [2.75, 3.05) is 0 Å². The first-order chi connectivity index (χ1) is 13.7. The lowest BCUT2D eigenvalue weighted by Gasteiger charge is -2.31. The second-order valence-corrected chi connectivity index (χ2v) is 8.27. The van der Waals surface area contributed by atoms with Crippen LogP contribution >= 0.6 is 0 Å². The smallest absolute Gasteiger partial charge is 0.243 e. The van der Waals surface area contributed by atoms with Crippen molar-refractivity contribution in [3.8, 4) is 0 Å². The molecule has 0 heterocycles. The third-order valence-corrected chi connectivity index (χ3v) is 4.89. The summed E-state index contributed by atoms with van der Waals surface area (Å²) in [4.78, 5) is 27.9. The Hall–Kier alpha value is -2.62. The number of hydrogen-bond donors (Lipinski definition) is 1. The van der Waals surface area contributed by atoms with Gasteiger partial charge in [-0.3, -0.25) is 9.59 Å². The van der Waals surface area contributed by atoms with Crippen LogP contribution in [0.15, 0.2) is 42.5 Å². The third kappa shape index (κ3) is 6.74. The molecule has 0 saturated heterocycles. The molecule has 29 heavy (non-hydrogen) atoms. The van der Waals surface area contributed by atoms with E-state index >= 15 is 0 Å². The van der Waals surface area contributed by atoms with Crippen LogP contribution in [0.1, 0.15) is 55.0 Å². The Morgan fingerprint density at radius 3 is 2.10 bits per heavy atom. The van der Waals surface area contributed by atoms with Crippen LogP contribution in [0.5, 0.6) is 0 Å². The predicted octanol–water partition coefficient (Wildman–Crippen LogP) is 4.49. The SMILES string of the molecule is CC[C@H](C(=O)NC(C)C)N(Cc1cccc(C)c1)C(=O)Cc1cc(C)cc(C)c1. The molecule has 0 spiro atoms. The first kappa shape index (κ1) is 22.7. The van der Waals surface area contributed by atoms with Gasteiger partial charge in [-0.05, 0) is 52.2 Å². The van der Waals surface area contributed by atoms with Crippen LogP contribution in [0.3, 0.4) is 0 Å². The van der Waals surface area contributed by atoms with E-state index in [0.29, 0.717) is 19.4 Å². The quantitative estimate of drug-likeness (QED) is 0.717. The van der Waals surface area contributed by atoms with Crippen LogP contribution in [0.25, 0.3) is 0 Å². The fourth-order valence-electron chi connectivity index (χ4n) is 3.75. The highest BCUT2D eigenvalue weighted by Crippen LogP contribution is 2.17. The van der Waals surface area contributed by atoms with Crippen LogP contribution in [0.2, 0.25) is 0 Å². The van der Waals surface area contributed by atoms with Crippen molar-refractivity contribution in [2.45, 2.75) is 73.0 Å². The van der Waals surface area contributed by atoms with Crippen LogP contribution < -0.4 is 5.32 Å². The van der Waals surface area contributed by atoms with Crippen molar-refractivity contribution in [1.82, 2.24) is 10.2 Å². The third-order valence-electron chi connectivity index (χ3n) is 4.89. The van der Waals surface area contributed by atoms with E-state index in [-0.39, 0.29) is 17.9 Å². The van der Waals surface area contributed by atoms with Gasteiger partial charge in [0.05, 0.1) is 6.42 Å². The van der Waals surface area contributed by atoms with Gasteiger partial charge in [0.25, 0.3) is 0 Å². The summed E-state index contributed by atoms with van der Waals surface area (Å²) in [6, 6.07) is 13.9. The molecule has 1 atom stereocenters. The zero-order valence-corrected chi connectivity index (χ0v) is 18.6. The van der Waals surface area contributed by atoms with Gasteiger partial charge in [-0.25, -0.2) is 0 Å². The maximum atomic E-state index is 13.4.